The molecular weight excluding hydrogens is 554 g/mol. The second-order valence-electron chi connectivity index (χ2n) is 11.7. The molecule has 2 N–H and O–H groups in total. The third kappa shape index (κ3) is 7.77. The third-order valence-corrected chi connectivity index (χ3v) is 8.38. The fourth-order valence-corrected chi connectivity index (χ4v) is 5.95. The van der Waals surface area contributed by atoms with Crippen LogP contribution in [0.15, 0.2) is 65.8 Å². The maximum absolute atomic E-state index is 6.26. The van der Waals surface area contributed by atoms with Crippen molar-refractivity contribution in [2.75, 3.05) is 48.8 Å². The van der Waals surface area contributed by atoms with Crippen LogP contribution >= 0.6 is 11.8 Å². The Morgan fingerprint density at radius 3 is 2.37 bits per heavy atom. The Hall–Kier alpha value is -3.82. The van der Waals surface area contributed by atoms with E-state index in [0.29, 0.717) is 11.2 Å². The Kier molecular flexibility index (Phi) is 9.72. The summed E-state index contributed by atoms with van der Waals surface area (Å²) in [6.45, 7) is 16.6. The van der Waals surface area contributed by atoms with Crippen LogP contribution in [0.1, 0.15) is 38.8 Å². The van der Waals surface area contributed by atoms with Crippen molar-refractivity contribution in [2.24, 2.45) is 0 Å². The molecule has 2 aromatic carbocycles. The van der Waals surface area contributed by atoms with Gasteiger partial charge in [0.25, 0.3) is 0 Å². The summed E-state index contributed by atoms with van der Waals surface area (Å²) >= 11 is 1.83. The Balaban J connectivity index is 1.46. The van der Waals surface area contributed by atoms with Gasteiger partial charge in [-0.25, -0.2) is 9.97 Å². The van der Waals surface area contributed by atoms with Crippen LogP contribution in [0.3, 0.4) is 0 Å². The highest BCUT2D eigenvalue weighted by atomic mass is 32.2. The van der Waals surface area contributed by atoms with Crippen LogP contribution in [0.25, 0.3) is 11.1 Å². The Labute approximate surface area is 260 Å². The first-order valence-corrected chi connectivity index (χ1v) is 15.9. The topological polar surface area (TPSA) is 78.4 Å². The van der Waals surface area contributed by atoms with Crippen LogP contribution in [0, 0.1) is 13.8 Å². The maximum atomic E-state index is 6.26. The van der Waals surface area contributed by atoms with Gasteiger partial charge in [0.15, 0.2) is 0 Å². The van der Waals surface area contributed by atoms with Crippen LogP contribution in [0.2, 0.25) is 0 Å². The molecule has 3 heterocycles. The van der Waals surface area contributed by atoms with Gasteiger partial charge in [-0.15, -0.1) is 11.8 Å². The summed E-state index contributed by atoms with van der Waals surface area (Å²) in [4.78, 5) is 20.1. The molecule has 0 spiro atoms. The highest BCUT2D eigenvalue weighted by molar-refractivity contribution is 8.00. The molecule has 0 atom stereocenters. The van der Waals surface area contributed by atoms with Crippen molar-refractivity contribution in [2.45, 2.75) is 57.8 Å². The molecule has 0 radical (unpaired) electrons. The number of piperazine rings is 1. The molecular formula is C34H43N7OS. The van der Waals surface area contributed by atoms with Crippen LogP contribution in [-0.2, 0) is 0 Å². The predicted octanol–water partition coefficient (Wildman–Crippen LogP) is 7.68. The van der Waals surface area contributed by atoms with Crippen LogP contribution in [-0.4, -0.2) is 64.4 Å². The van der Waals surface area contributed by atoms with E-state index in [9.17, 15) is 0 Å². The van der Waals surface area contributed by atoms with E-state index in [4.69, 9.17) is 14.7 Å². The number of thioether (sulfide) groups is 1. The SMILES string of the molecule is Cc1cc(OC(C)C)c(Nc2ncc(C)c(Nc3ccccc3SC(C)C)n2)cc1-c1ccnc(N2CCN(C)CC2)c1. The van der Waals surface area contributed by atoms with Gasteiger partial charge in [-0.2, -0.15) is 4.98 Å². The van der Waals surface area contributed by atoms with Gasteiger partial charge in [0.2, 0.25) is 5.95 Å². The number of benzene rings is 2. The van der Waals surface area contributed by atoms with E-state index in [0.717, 1.165) is 77.2 Å². The fraction of sp³-hybridized carbons (Fsp3) is 0.382. The van der Waals surface area contributed by atoms with Gasteiger partial charge in [0.1, 0.15) is 17.4 Å². The first-order chi connectivity index (χ1) is 20.7. The molecule has 1 fully saturated rings. The number of rotatable bonds is 10. The third-order valence-electron chi connectivity index (χ3n) is 7.29. The van der Waals surface area contributed by atoms with Crippen LogP contribution in [0.5, 0.6) is 5.75 Å². The summed E-state index contributed by atoms with van der Waals surface area (Å²) in [6.07, 6.45) is 3.77. The lowest BCUT2D eigenvalue weighted by Crippen LogP contribution is -2.44. The molecule has 0 unspecified atom stereocenters. The van der Waals surface area contributed by atoms with E-state index < -0.39 is 0 Å². The standard InChI is InChI=1S/C34H43N7OS/c1-22(2)42-30-18-24(5)27(26-12-13-35-32(19-26)41-16-14-40(7)15-17-41)20-29(30)38-34-36-21-25(6)33(39-34)37-28-10-8-9-11-31(28)43-23(3)4/h8-13,18-23H,14-17H2,1-7H3,(H2,36,37,38,39). The summed E-state index contributed by atoms with van der Waals surface area (Å²) in [5.41, 5.74) is 6.17. The van der Waals surface area contributed by atoms with Crippen molar-refractivity contribution in [3.63, 3.8) is 0 Å². The molecule has 0 saturated carbocycles. The van der Waals surface area contributed by atoms with Gasteiger partial charge in [0.05, 0.1) is 17.5 Å². The molecule has 2 aromatic heterocycles. The number of anilines is 5. The Bertz CT molecular complexity index is 1550. The number of hydrogen-bond acceptors (Lipinski definition) is 9. The van der Waals surface area contributed by atoms with Gasteiger partial charge in [-0.1, -0.05) is 26.0 Å². The number of hydrogen-bond donors (Lipinski definition) is 2. The van der Waals surface area contributed by atoms with Gasteiger partial charge in [-0.05, 0) is 87.8 Å². The Morgan fingerprint density at radius 1 is 0.860 bits per heavy atom. The number of nitrogens with one attached hydrogen (secondary N) is 2. The molecule has 9 heteroatoms. The van der Waals surface area contributed by atoms with Crippen LogP contribution < -0.4 is 20.3 Å². The number of aryl methyl sites for hydroxylation is 2. The highest BCUT2D eigenvalue weighted by Gasteiger charge is 2.18. The van der Waals surface area contributed by atoms with Gasteiger partial charge < -0.3 is 25.2 Å². The summed E-state index contributed by atoms with van der Waals surface area (Å²) in [5.74, 6) is 3.04. The lowest BCUT2D eigenvalue weighted by Gasteiger charge is -2.33. The molecule has 43 heavy (non-hydrogen) atoms. The number of aromatic nitrogens is 3. The summed E-state index contributed by atoms with van der Waals surface area (Å²) in [6, 6.07) is 16.8. The highest BCUT2D eigenvalue weighted by Crippen LogP contribution is 2.37. The van der Waals surface area contributed by atoms with Crippen molar-refractivity contribution in [1.29, 1.82) is 0 Å². The monoisotopic (exact) mass is 597 g/mol. The molecule has 1 aliphatic rings. The van der Waals surface area contributed by atoms with E-state index in [-0.39, 0.29) is 6.10 Å². The molecule has 1 aliphatic heterocycles. The zero-order chi connectivity index (χ0) is 30.5. The number of para-hydroxylation sites is 1. The van der Waals surface area contributed by atoms with Crippen LogP contribution in [0.4, 0.5) is 29.0 Å². The minimum absolute atomic E-state index is 0.0154. The molecule has 0 bridgehead atoms. The van der Waals surface area contributed by atoms with E-state index >= 15 is 0 Å². The summed E-state index contributed by atoms with van der Waals surface area (Å²) in [5, 5.41) is 7.49. The quantitative estimate of drug-likeness (QED) is 0.179. The molecule has 0 amide bonds. The van der Waals surface area contributed by atoms with Crippen molar-refractivity contribution >= 4 is 40.7 Å². The van der Waals surface area contributed by atoms with Crippen molar-refractivity contribution < 1.29 is 4.74 Å². The number of nitrogens with zero attached hydrogens (tertiary/aromatic N) is 5. The average molecular weight is 598 g/mol. The Morgan fingerprint density at radius 2 is 1.63 bits per heavy atom. The lowest BCUT2D eigenvalue weighted by atomic mass is 9.99. The fourth-order valence-electron chi connectivity index (χ4n) is 5.04. The van der Waals surface area contributed by atoms with E-state index in [1.807, 2.05) is 51.0 Å². The zero-order valence-electron chi connectivity index (χ0n) is 26.3. The number of pyridine rings is 1. The molecule has 1 saturated heterocycles. The van der Waals surface area contributed by atoms with Gasteiger partial charge in [0, 0.05) is 54.3 Å². The van der Waals surface area contributed by atoms with E-state index in [1.54, 1.807) is 0 Å². The average Bonchev–Trinajstić information content (AvgIpc) is 2.97. The van der Waals surface area contributed by atoms with Crippen molar-refractivity contribution in [3.8, 4) is 16.9 Å². The van der Waals surface area contributed by atoms with E-state index in [2.05, 4.69) is 95.7 Å². The molecule has 0 aliphatic carbocycles. The smallest absolute Gasteiger partial charge is 0.229 e. The lowest BCUT2D eigenvalue weighted by molar-refractivity contribution is 0.243. The minimum atomic E-state index is 0.0154. The molecule has 4 aromatic rings. The molecule has 226 valence electrons. The number of likely N-dealkylation sites (N-methyl/N-ethyl adjacent to an activating group) is 1. The molecule has 8 nitrogen and oxygen atoms in total. The van der Waals surface area contributed by atoms with Crippen molar-refractivity contribution in [3.05, 3.63) is 72.1 Å². The zero-order valence-corrected chi connectivity index (χ0v) is 27.1. The number of ether oxygens (including phenoxy) is 1. The van der Waals surface area contributed by atoms with E-state index in [1.165, 1.54) is 4.90 Å². The first kappa shape index (κ1) is 30.6. The normalized spacial score (nSPS) is 13.9. The minimum Gasteiger partial charge on any atom is -0.489 e. The first-order valence-electron chi connectivity index (χ1n) is 15.0. The van der Waals surface area contributed by atoms with Gasteiger partial charge >= 0.3 is 0 Å². The summed E-state index contributed by atoms with van der Waals surface area (Å²) < 4.78 is 6.26. The van der Waals surface area contributed by atoms with Crippen molar-refractivity contribution in [1.82, 2.24) is 19.9 Å². The van der Waals surface area contributed by atoms with Gasteiger partial charge in [-0.3, -0.25) is 0 Å². The predicted molar refractivity (Wildman–Crippen MR) is 181 cm³/mol. The summed E-state index contributed by atoms with van der Waals surface area (Å²) in [7, 11) is 2.17. The second-order valence-corrected chi connectivity index (χ2v) is 13.3. The largest absolute Gasteiger partial charge is 0.489 e. The second kappa shape index (κ2) is 13.7. The maximum Gasteiger partial charge on any atom is 0.229 e. The molecule has 5 rings (SSSR count).